The first-order valence-electron chi connectivity index (χ1n) is 3.72. The Bertz CT molecular complexity index is 143. The molecule has 0 aliphatic carbocycles. The first-order chi connectivity index (χ1) is 5.35. The van der Waals surface area contributed by atoms with Crippen molar-refractivity contribution in [1.82, 2.24) is 0 Å². The molecular formula is C10H16O. The lowest BCUT2D eigenvalue weighted by atomic mass is 10.2. The van der Waals surface area contributed by atoms with Gasteiger partial charge in [-0.3, -0.25) is 0 Å². The third-order valence-electron chi connectivity index (χ3n) is 0.913. The summed E-state index contributed by atoms with van der Waals surface area (Å²) in [5.41, 5.74) is 0.903. The Morgan fingerprint density at radius 3 is 2.18 bits per heavy atom. The number of carbonyl (C=O) groups is 1. The van der Waals surface area contributed by atoms with Crippen molar-refractivity contribution in [3.05, 3.63) is 37.0 Å². The minimum Gasteiger partial charge on any atom is -0.303 e. The Hall–Kier alpha value is -1.11. The van der Waals surface area contributed by atoms with E-state index in [0.29, 0.717) is 6.42 Å². The molecule has 1 heteroatoms. The van der Waals surface area contributed by atoms with Gasteiger partial charge in [0, 0.05) is 6.42 Å². The van der Waals surface area contributed by atoms with Crippen molar-refractivity contribution in [2.24, 2.45) is 0 Å². The molecule has 0 spiro atoms. The zero-order valence-electron chi connectivity index (χ0n) is 7.34. The highest BCUT2D eigenvalue weighted by Gasteiger charge is 1.84. The average Bonchev–Trinajstić information content (AvgIpc) is 2.08. The van der Waals surface area contributed by atoms with Gasteiger partial charge in [0.05, 0.1) is 0 Å². The van der Waals surface area contributed by atoms with Crippen LogP contribution in [0.3, 0.4) is 0 Å². The molecule has 11 heavy (non-hydrogen) atoms. The van der Waals surface area contributed by atoms with Gasteiger partial charge in [-0.25, -0.2) is 0 Å². The number of hydrogen-bond acceptors (Lipinski definition) is 1. The first kappa shape index (κ1) is 12.6. The molecule has 0 saturated heterocycles. The maximum absolute atomic E-state index is 9.93. The molecule has 0 bridgehead atoms. The highest BCUT2D eigenvalue weighted by atomic mass is 16.1. The summed E-state index contributed by atoms with van der Waals surface area (Å²) in [5.74, 6) is 0. The zero-order valence-corrected chi connectivity index (χ0v) is 7.34. The molecule has 0 aliphatic heterocycles. The second-order valence-electron chi connectivity index (χ2n) is 1.55. The van der Waals surface area contributed by atoms with Crippen LogP contribution in [0.2, 0.25) is 0 Å². The van der Waals surface area contributed by atoms with E-state index in [4.69, 9.17) is 0 Å². The normalized spacial score (nSPS) is 9.09. The van der Waals surface area contributed by atoms with Gasteiger partial charge < -0.3 is 4.79 Å². The third-order valence-corrected chi connectivity index (χ3v) is 0.913. The molecule has 0 aromatic carbocycles. The van der Waals surface area contributed by atoms with Crippen LogP contribution in [0.4, 0.5) is 0 Å². The molecule has 0 aromatic heterocycles. The number of hydrogen-bond donors (Lipinski definition) is 0. The fraction of sp³-hybridized carbons (Fsp3) is 0.300. The van der Waals surface area contributed by atoms with E-state index in [1.807, 2.05) is 13.8 Å². The number of aldehydes is 1. The van der Waals surface area contributed by atoms with Gasteiger partial charge in [-0.15, -0.1) is 0 Å². The highest BCUT2D eigenvalue weighted by Crippen LogP contribution is 1.98. The molecule has 0 unspecified atom stereocenters. The van der Waals surface area contributed by atoms with Crippen molar-refractivity contribution in [3.8, 4) is 0 Å². The summed E-state index contributed by atoms with van der Waals surface area (Å²) in [6, 6.07) is 0. The summed E-state index contributed by atoms with van der Waals surface area (Å²) in [6.07, 6.45) is 6.32. The van der Waals surface area contributed by atoms with E-state index in [9.17, 15) is 4.79 Å². The molecule has 1 nitrogen and oxygen atoms in total. The molecule has 0 rings (SSSR count). The fourth-order valence-electron chi connectivity index (χ4n) is 0.467. The van der Waals surface area contributed by atoms with Gasteiger partial charge in [-0.1, -0.05) is 45.2 Å². The van der Waals surface area contributed by atoms with E-state index < -0.39 is 0 Å². The second-order valence-corrected chi connectivity index (χ2v) is 1.55. The van der Waals surface area contributed by atoms with Crippen LogP contribution in [-0.2, 0) is 4.79 Å². The maximum Gasteiger partial charge on any atom is 0.124 e. The van der Waals surface area contributed by atoms with E-state index in [1.54, 1.807) is 18.2 Å². The SMILES string of the molecule is C=C/C=C(\C=C)CC=O.CC. The Labute approximate surface area is 69.1 Å². The molecule has 0 radical (unpaired) electrons. The standard InChI is InChI=1S/C8H10O.C2H6/c1-3-5-8(4-2)6-7-9;1-2/h3-5,7H,1-2,6H2;1-2H3/b8-5+;. The van der Waals surface area contributed by atoms with Crippen molar-refractivity contribution in [1.29, 1.82) is 0 Å². The lowest BCUT2D eigenvalue weighted by Crippen LogP contribution is -1.77. The number of allylic oxidation sites excluding steroid dienone is 4. The average molecular weight is 152 g/mol. The van der Waals surface area contributed by atoms with E-state index in [0.717, 1.165) is 11.9 Å². The van der Waals surface area contributed by atoms with E-state index in [-0.39, 0.29) is 0 Å². The van der Waals surface area contributed by atoms with Gasteiger partial charge in [-0.05, 0) is 5.57 Å². The summed E-state index contributed by atoms with van der Waals surface area (Å²) in [5, 5.41) is 0. The van der Waals surface area contributed by atoms with Gasteiger partial charge in [0.25, 0.3) is 0 Å². The van der Waals surface area contributed by atoms with Crippen molar-refractivity contribution in [3.63, 3.8) is 0 Å². The Morgan fingerprint density at radius 1 is 1.36 bits per heavy atom. The fourth-order valence-corrected chi connectivity index (χ4v) is 0.467. The molecule has 0 heterocycles. The summed E-state index contributed by atoms with van der Waals surface area (Å²) in [4.78, 5) is 9.93. The van der Waals surface area contributed by atoms with Gasteiger partial charge in [-0.2, -0.15) is 0 Å². The van der Waals surface area contributed by atoms with Gasteiger partial charge in [0.1, 0.15) is 6.29 Å². The van der Waals surface area contributed by atoms with Gasteiger partial charge in [0.15, 0.2) is 0 Å². The third kappa shape index (κ3) is 8.89. The topological polar surface area (TPSA) is 17.1 Å². The van der Waals surface area contributed by atoms with Crippen LogP contribution in [0.1, 0.15) is 20.3 Å². The first-order valence-corrected chi connectivity index (χ1v) is 3.72. The summed E-state index contributed by atoms with van der Waals surface area (Å²) in [6.45, 7) is 11.0. The van der Waals surface area contributed by atoms with Crippen LogP contribution in [0.25, 0.3) is 0 Å². The molecule has 0 saturated carbocycles. The predicted molar refractivity (Wildman–Crippen MR) is 50.5 cm³/mol. The smallest absolute Gasteiger partial charge is 0.124 e. The molecule has 62 valence electrons. The molecular weight excluding hydrogens is 136 g/mol. The van der Waals surface area contributed by atoms with Crippen LogP contribution < -0.4 is 0 Å². The highest BCUT2D eigenvalue weighted by molar-refractivity contribution is 5.56. The number of carbonyl (C=O) groups excluding carboxylic acids is 1. The largest absolute Gasteiger partial charge is 0.303 e. The summed E-state index contributed by atoms with van der Waals surface area (Å²) in [7, 11) is 0. The zero-order chi connectivity index (χ0) is 9.11. The lowest BCUT2D eigenvalue weighted by Gasteiger charge is -1.88. The second kappa shape index (κ2) is 11.7. The van der Waals surface area contributed by atoms with Crippen molar-refractivity contribution in [2.45, 2.75) is 20.3 Å². The monoisotopic (exact) mass is 152 g/mol. The van der Waals surface area contributed by atoms with Crippen LogP contribution >= 0.6 is 0 Å². The van der Waals surface area contributed by atoms with Gasteiger partial charge in [0.2, 0.25) is 0 Å². The van der Waals surface area contributed by atoms with Crippen LogP contribution in [0.5, 0.6) is 0 Å². The lowest BCUT2D eigenvalue weighted by molar-refractivity contribution is -0.107. The van der Waals surface area contributed by atoms with Crippen molar-refractivity contribution in [2.75, 3.05) is 0 Å². The van der Waals surface area contributed by atoms with Crippen molar-refractivity contribution < 1.29 is 4.79 Å². The predicted octanol–water partition coefficient (Wildman–Crippen LogP) is 2.90. The molecule has 0 N–H and O–H groups in total. The molecule has 0 atom stereocenters. The quantitative estimate of drug-likeness (QED) is 0.447. The summed E-state index contributed by atoms with van der Waals surface area (Å²) >= 11 is 0. The Kier molecular flexibility index (Phi) is 13.3. The molecule has 0 aromatic rings. The van der Waals surface area contributed by atoms with E-state index in [2.05, 4.69) is 13.2 Å². The molecule has 0 aliphatic rings. The Morgan fingerprint density at radius 2 is 1.91 bits per heavy atom. The maximum atomic E-state index is 9.93. The van der Waals surface area contributed by atoms with E-state index in [1.165, 1.54) is 0 Å². The van der Waals surface area contributed by atoms with Crippen LogP contribution in [0.15, 0.2) is 37.0 Å². The van der Waals surface area contributed by atoms with Crippen LogP contribution in [0, 0.1) is 0 Å². The summed E-state index contributed by atoms with van der Waals surface area (Å²) < 4.78 is 0. The van der Waals surface area contributed by atoms with Crippen LogP contribution in [-0.4, -0.2) is 6.29 Å². The Balaban J connectivity index is 0. The minimum absolute atomic E-state index is 0.426. The van der Waals surface area contributed by atoms with E-state index >= 15 is 0 Å². The number of rotatable bonds is 4. The van der Waals surface area contributed by atoms with Crippen molar-refractivity contribution >= 4 is 6.29 Å². The molecule has 0 fully saturated rings. The minimum atomic E-state index is 0.426. The molecule has 0 amide bonds. The van der Waals surface area contributed by atoms with Gasteiger partial charge >= 0.3 is 0 Å².